The van der Waals surface area contributed by atoms with Crippen molar-refractivity contribution in [2.45, 2.75) is 71.4 Å². The second-order valence-electron chi connectivity index (χ2n) is 8.52. The summed E-state index contributed by atoms with van der Waals surface area (Å²) in [5.41, 5.74) is 4.98. The minimum Gasteiger partial charge on any atom is -0.348 e. The number of piperazine rings is 1. The van der Waals surface area contributed by atoms with Gasteiger partial charge in [-0.1, -0.05) is 0 Å². The summed E-state index contributed by atoms with van der Waals surface area (Å²) in [5, 5.41) is 3.06. The molecular formula is C21H34N3O3S+. The van der Waals surface area contributed by atoms with E-state index in [1.807, 2.05) is 34.6 Å². The molecule has 2 aliphatic rings. The van der Waals surface area contributed by atoms with Crippen LogP contribution in [0.1, 0.15) is 47.6 Å². The zero-order valence-corrected chi connectivity index (χ0v) is 18.8. The van der Waals surface area contributed by atoms with Crippen LogP contribution < -0.4 is 10.2 Å². The number of benzene rings is 1. The lowest BCUT2D eigenvalue weighted by Crippen LogP contribution is -3.19. The van der Waals surface area contributed by atoms with Gasteiger partial charge in [0.15, 0.2) is 6.04 Å². The lowest BCUT2D eigenvalue weighted by molar-refractivity contribution is -0.917. The Labute approximate surface area is 169 Å². The predicted octanol–water partition coefficient (Wildman–Crippen LogP) is 0.785. The zero-order chi connectivity index (χ0) is 20.8. The maximum Gasteiger partial charge on any atom is 0.278 e. The maximum atomic E-state index is 13.4. The molecule has 3 rings (SSSR count). The smallest absolute Gasteiger partial charge is 0.278 e. The van der Waals surface area contributed by atoms with E-state index in [4.69, 9.17) is 0 Å². The molecule has 2 N–H and O–H groups in total. The van der Waals surface area contributed by atoms with Crippen molar-refractivity contribution in [3.8, 4) is 0 Å². The van der Waals surface area contributed by atoms with E-state index < -0.39 is 10.0 Å². The number of hydrogen-bond donors (Lipinski definition) is 2. The Morgan fingerprint density at radius 2 is 1.43 bits per heavy atom. The molecule has 1 aliphatic heterocycles. The molecule has 1 aromatic carbocycles. The first kappa shape index (κ1) is 21.3. The van der Waals surface area contributed by atoms with Gasteiger partial charge in [0, 0.05) is 6.04 Å². The number of hydrogen-bond acceptors (Lipinski definition) is 3. The highest BCUT2D eigenvalue weighted by Crippen LogP contribution is 2.31. The van der Waals surface area contributed by atoms with E-state index in [0.717, 1.165) is 40.0 Å². The fourth-order valence-electron chi connectivity index (χ4n) is 4.17. The van der Waals surface area contributed by atoms with E-state index in [1.165, 1.54) is 5.56 Å². The highest BCUT2D eigenvalue weighted by atomic mass is 32.2. The van der Waals surface area contributed by atoms with Crippen LogP contribution in [0.15, 0.2) is 4.90 Å². The van der Waals surface area contributed by atoms with Crippen LogP contribution in [0.25, 0.3) is 0 Å². The summed E-state index contributed by atoms with van der Waals surface area (Å²) in [6.45, 7) is 14.0. The second kappa shape index (κ2) is 7.76. The largest absolute Gasteiger partial charge is 0.348 e. The highest BCUT2D eigenvalue weighted by Gasteiger charge is 2.37. The van der Waals surface area contributed by atoms with Gasteiger partial charge < -0.3 is 10.2 Å². The Morgan fingerprint density at radius 3 is 1.89 bits per heavy atom. The maximum absolute atomic E-state index is 13.4. The van der Waals surface area contributed by atoms with Crippen molar-refractivity contribution in [1.29, 1.82) is 0 Å². The van der Waals surface area contributed by atoms with Crippen LogP contribution in [0.2, 0.25) is 0 Å². The Bertz CT molecular complexity index is 854. The predicted molar refractivity (Wildman–Crippen MR) is 110 cm³/mol. The summed E-state index contributed by atoms with van der Waals surface area (Å²) >= 11 is 0. The van der Waals surface area contributed by atoms with Crippen LogP contribution >= 0.6 is 0 Å². The molecule has 1 saturated heterocycles. The van der Waals surface area contributed by atoms with Crippen molar-refractivity contribution >= 4 is 15.9 Å². The molecule has 1 amide bonds. The molecule has 7 heteroatoms. The Balaban J connectivity index is 1.76. The van der Waals surface area contributed by atoms with Crippen molar-refractivity contribution in [3.63, 3.8) is 0 Å². The number of carbonyl (C=O) groups excluding carboxylic acids is 1. The van der Waals surface area contributed by atoms with Gasteiger partial charge in [0.25, 0.3) is 5.91 Å². The van der Waals surface area contributed by atoms with Crippen molar-refractivity contribution < 1.29 is 18.1 Å². The first-order valence-corrected chi connectivity index (χ1v) is 11.7. The van der Waals surface area contributed by atoms with Gasteiger partial charge in [-0.2, -0.15) is 4.31 Å². The average molecular weight is 409 g/mol. The lowest BCUT2D eigenvalue weighted by Gasteiger charge is -2.35. The van der Waals surface area contributed by atoms with Crippen LogP contribution in [0, 0.1) is 34.6 Å². The van der Waals surface area contributed by atoms with Gasteiger partial charge in [0.05, 0.1) is 31.1 Å². The summed E-state index contributed by atoms with van der Waals surface area (Å²) in [6, 6.07) is 0.216. The molecule has 0 aromatic heterocycles. The third-order valence-corrected chi connectivity index (χ3v) is 9.00. The van der Waals surface area contributed by atoms with Crippen LogP contribution in [-0.2, 0) is 14.8 Å². The van der Waals surface area contributed by atoms with Crippen LogP contribution in [0.5, 0.6) is 0 Å². The lowest BCUT2D eigenvalue weighted by atomic mass is 9.95. The highest BCUT2D eigenvalue weighted by molar-refractivity contribution is 7.89. The standard InChI is InChI=1S/C21H33N3O3S/c1-13-14(2)16(4)20(17(5)15(13)3)28(26,27)24-11-9-23(10-12-24)18(6)21(25)22-19-7-8-19/h18-19H,7-12H2,1-6H3,(H,22,25)/p+1/t18-/m1/s1. The molecule has 1 saturated carbocycles. The number of nitrogens with one attached hydrogen (secondary N) is 2. The Morgan fingerprint density at radius 1 is 0.964 bits per heavy atom. The van der Waals surface area contributed by atoms with Gasteiger partial charge in [0.2, 0.25) is 10.0 Å². The second-order valence-corrected chi connectivity index (χ2v) is 10.4. The van der Waals surface area contributed by atoms with Gasteiger partial charge in [-0.05, 0) is 82.2 Å². The van der Waals surface area contributed by atoms with E-state index in [9.17, 15) is 13.2 Å². The van der Waals surface area contributed by atoms with Gasteiger partial charge >= 0.3 is 0 Å². The van der Waals surface area contributed by atoms with E-state index in [1.54, 1.807) is 4.31 Å². The first-order valence-electron chi connectivity index (χ1n) is 10.3. The number of carbonyl (C=O) groups is 1. The summed E-state index contributed by atoms with van der Waals surface area (Å²) in [6.07, 6.45) is 2.15. The fraction of sp³-hybridized carbons (Fsp3) is 0.667. The van der Waals surface area contributed by atoms with Crippen molar-refractivity contribution in [2.24, 2.45) is 0 Å². The molecule has 6 nitrogen and oxygen atoms in total. The van der Waals surface area contributed by atoms with E-state index in [0.29, 0.717) is 37.1 Å². The Kier molecular flexibility index (Phi) is 5.90. The topological polar surface area (TPSA) is 70.9 Å². The molecule has 0 unspecified atom stereocenters. The van der Waals surface area contributed by atoms with Crippen LogP contribution in [0.3, 0.4) is 0 Å². The summed E-state index contributed by atoms with van der Waals surface area (Å²) in [4.78, 5) is 14.0. The van der Waals surface area contributed by atoms with Crippen LogP contribution in [0.4, 0.5) is 0 Å². The molecule has 1 heterocycles. The number of sulfonamides is 1. The SMILES string of the molecule is Cc1c(C)c(C)c(S(=O)(=O)N2CC[NH+]([C@H](C)C(=O)NC3CC3)CC2)c(C)c1C. The van der Waals surface area contributed by atoms with Crippen molar-refractivity contribution in [3.05, 3.63) is 27.8 Å². The van der Waals surface area contributed by atoms with Gasteiger partial charge in [-0.3, -0.25) is 4.79 Å². The molecule has 1 aliphatic carbocycles. The van der Waals surface area contributed by atoms with Crippen LogP contribution in [-0.4, -0.2) is 56.9 Å². The average Bonchev–Trinajstić information content (AvgIpc) is 3.48. The third-order valence-electron chi connectivity index (χ3n) is 6.82. The van der Waals surface area contributed by atoms with Crippen molar-refractivity contribution in [2.75, 3.05) is 26.2 Å². The molecular weight excluding hydrogens is 374 g/mol. The summed E-state index contributed by atoms with van der Waals surface area (Å²) in [5.74, 6) is 0.0882. The third kappa shape index (κ3) is 3.84. The number of amides is 1. The minimum atomic E-state index is -3.54. The molecule has 0 spiro atoms. The van der Waals surface area contributed by atoms with Gasteiger partial charge in [0.1, 0.15) is 0 Å². The molecule has 1 atom stereocenters. The first-order chi connectivity index (χ1) is 13.1. The number of nitrogens with zero attached hydrogens (tertiary/aromatic N) is 1. The zero-order valence-electron chi connectivity index (χ0n) is 18.0. The molecule has 0 radical (unpaired) electrons. The molecule has 1 aromatic rings. The Hall–Kier alpha value is -1.44. The van der Waals surface area contributed by atoms with E-state index in [2.05, 4.69) is 12.2 Å². The molecule has 2 fully saturated rings. The van der Waals surface area contributed by atoms with Gasteiger partial charge in [-0.15, -0.1) is 0 Å². The number of rotatable bonds is 5. The quantitative estimate of drug-likeness (QED) is 0.757. The molecule has 28 heavy (non-hydrogen) atoms. The van der Waals surface area contributed by atoms with Crippen molar-refractivity contribution in [1.82, 2.24) is 9.62 Å². The minimum absolute atomic E-state index is 0.0882. The van der Waals surface area contributed by atoms with E-state index >= 15 is 0 Å². The normalized spacial score (nSPS) is 20.2. The van der Waals surface area contributed by atoms with E-state index in [-0.39, 0.29) is 11.9 Å². The molecule has 156 valence electrons. The fourth-order valence-corrected chi connectivity index (χ4v) is 6.17. The molecule has 0 bridgehead atoms. The summed E-state index contributed by atoms with van der Waals surface area (Å²) in [7, 11) is -3.54. The van der Waals surface area contributed by atoms with Gasteiger partial charge in [-0.25, -0.2) is 8.42 Å². The summed E-state index contributed by atoms with van der Waals surface area (Å²) < 4.78 is 28.5. The number of quaternary nitrogens is 1. The monoisotopic (exact) mass is 408 g/mol.